The van der Waals surface area contributed by atoms with Gasteiger partial charge in [0.25, 0.3) is 0 Å². The first kappa shape index (κ1) is 18.8. The molecule has 1 aromatic carbocycles. The Morgan fingerprint density at radius 2 is 2.23 bits per heavy atom. The smallest absolute Gasteiger partial charge is 0.137 e. The van der Waals surface area contributed by atoms with Gasteiger partial charge in [0.1, 0.15) is 19.3 Å². The third-order valence-electron chi connectivity index (χ3n) is 5.06. The van der Waals surface area contributed by atoms with Crippen LogP contribution in [0, 0.1) is 11.8 Å². The average Bonchev–Trinajstić information content (AvgIpc) is 3.50. The summed E-state index contributed by atoms with van der Waals surface area (Å²) in [6, 6.07) is 8.71. The number of aromatic amines is 1. The number of rotatable bonds is 5. The third-order valence-corrected chi connectivity index (χ3v) is 5.91. The highest BCUT2D eigenvalue weighted by atomic mass is 32.1. The topological polar surface area (TPSA) is 68.6 Å². The van der Waals surface area contributed by atoms with E-state index >= 15 is 0 Å². The summed E-state index contributed by atoms with van der Waals surface area (Å²) in [5, 5.41) is 14.2. The fourth-order valence-corrected chi connectivity index (χ4v) is 4.42. The molecular weight excluding hydrogens is 394 g/mol. The van der Waals surface area contributed by atoms with E-state index in [1.165, 1.54) is 22.3 Å². The van der Waals surface area contributed by atoms with Gasteiger partial charge in [0.15, 0.2) is 0 Å². The molecule has 3 heterocycles. The number of nitrogens with zero attached hydrogens (tertiary/aromatic N) is 4. The molecule has 0 amide bonds. The van der Waals surface area contributed by atoms with Crippen LogP contribution in [-0.4, -0.2) is 37.7 Å². The quantitative estimate of drug-likeness (QED) is 0.438. The summed E-state index contributed by atoms with van der Waals surface area (Å²) in [6.45, 7) is 5.18. The standard InChI is InChI=1S/C23H21N5OS/c1-15(2)29-7-3-4-19-9-18(12-30-19)22-21-10-17-6-5-16(11-28-14-24-13-25-28)8-20(17)23(21)27-26-22/h5-6,8-9,12-15H,7,10-11H2,1-2H3,(H,26,27). The number of thiophene rings is 1. The van der Waals surface area contributed by atoms with Crippen molar-refractivity contribution in [3.8, 4) is 34.4 Å². The molecule has 0 saturated heterocycles. The maximum Gasteiger partial charge on any atom is 0.137 e. The van der Waals surface area contributed by atoms with Crippen molar-refractivity contribution in [3.05, 3.63) is 63.9 Å². The lowest BCUT2D eigenvalue weighted by molar-refractivity contribution is 0.107. The van der Waals surface area contributed by atoms with Gasteiger partial charge in [-0.2, -0.15) is 10.2 Å². The second-order valence-corrected chi connectivity index (χ2v) is 8.46. The Morgan fingerprint density at radius 3 is 3.07 bits per heavy atom. The second-order valence-electron chi connectivity index (χ2n) is 7.55. The van der Waals surface area contributed by atoms with Gasteiger partial charge in [-0.1, -0.05) is 24.0 Å². The number of aromatic nitrogens is 5. The lowest BCUT2D eigenvalue weighted by atomic mass is 10.1. The fraction of sp³-hybridized carbons (Fsp3) is 0.261. The molecule has 0 saturated carbocycles. The Kier molecular flexibility index (Phi) is 4.95. The van der Waals surface area contributed by atoms with Crippen LogP contribution in [0.3, 0.4) is 0 Å². The molecule has 3 aromatic heterocycles. The van der Waals surface area contributed by atoms with Gasteiger partial charge >= 0.3 is 0 Å². The molecule has 1 N–H and O–H groups in total. The van der Waals surface area contributed by atoms with Crippen LogP contribution in [0.2, 0.25) is 0 Å². The normalized spacial score (nSPS) is 12.0. The van der Waals surface area contributed by atoms with Crippen molar-refractivity contribution in [2.75, 3.05) is 6.61 Å². The maximum absolute atomic E-state index is 5.49. The lowest BCUT2D eigenvalue weighted by Gasteiger charge is -2.05. The van der Waals surface area contributed by atoms with Crippen LogP contribution in [0.25, 0.3) is 22.5 Å². The predicted molar refractivity (Wildman–Crippen MR) is 117 cm³/mol. The van der Waals surface area contributed by atoms with Gasteiger partial charge in [0, 0.05) is 28.5 Å². The molecule has 150 valence electrons. The Balaban J connectivity index is 1.38. The molecular formula is C23H21N5OS. The highest BCUT2D eigenvalue weighted by Crippen LogP contribution is 2.41. The Bertz CT molecular complexity index is 1240. The maximum atomic E-state index is 5.49. The van der Waals surface area contributed by atoms with Crippen LogP contribution in [0.1, 0.15) is 35.4 Å². The molecule has 6 nitrogen and oxygen atoms in total. The number of H-pyrrole nitrogens is 1. The van der Waals surface area contributed by atoms with Crippen LogP contribution >= 0.6 is 11.3 Å². The first-order valence-electron chi connectivity index (χ1n) is 9.88. The van der Waals surface area contributed by atoms with E-state index in [9.17, 15) is 0 Å². The Hall–Kier alpha value is -3.21. The molecule has 0 aliphatic heterocycles. The zero-order valence-corrected chi connectivity index (χ0v) is 17.7. The van der Waals surface area contributed by atoms with E-state index in [4.69, 9.17) is 4.74 Å². The van der Waals surface area contributed by atoms with E-state index in [0.29, 0.717) is 13.2 Å². The molecule has 0 spiro atoms. The molecule has 0 radical (unpaired) electrons. The van der Waals surface area contributed by atoms with Crippen LogP contribution in [0.15, 0.2) is 42.3 Å². The van der Waals surface area contributed by atoms with Crippen LogP contribution in [-0.2, 0) is 17.7 Å². The minimum atomic E-state index is 0.197. The molecule has 0 bridgehead atoms. The Labute approximate surface area is 178 Å². The van der Waals surface area contributed by atoms with E-state index in [1.54, 1.807) is 24.0 Å². The molecule has 7 heteroatoms. The van der Waals surface area contributed by atoms with Crippen LogP contribution in [0.5, 0.6) is 0 Å². The summed E-state index contributed by atoms with van der Waals surface area (Å²) in [5.41, 5.74) is 8.24. The van der Waals surface area contributed by atoms with Gasteiger partial charge in [-0.15, -0.1) is 11.3 Å². The zero-order valence-electron chi connectivity index (χ0n) is 16.8. The number of fused-ring (bicyclic) bond motifs is 3. The number of hydrogen-bond donors (Lipinski definition) is 1. The molecule has 0 atom stereocenters. The van der Waals surface area contributed by atoms with Gasteiger partial charge in [0.2, 0.25) is 0 Å². The average molecular weight is 416 g/mol. The van der Waals surface area contributed by atoms with Crippen molar-refractivity contribution in [2.45, 2.75) is 32.9 Å². The molecule has 5 rings (SSSR count). The summed E-state index contributed by atoms with van der Waals surface area (Å²) >= 11 is 1.64. The number of benzene rings is 1. The van der Waals surface area contributed by atoms with Gasteiger partial charge < -0.3 is 4.74 Å². The van der Waals surface area contributed by atoms with Crippen molar-refractivity contribution < 1.29 is 4.74 Å². The zero-order chi connectivity index (χ0) is 20.5. The minimum absolute atomic E-state index is 0.197. The number of hydrogen-bond acceptors (Lipinski definition) is 5. The Morgan fingerprint density at radius 1 is 1.30 bits per heavy atom. The van der Waals surface area contributed by atoms with Crippen molar-refractivity contribution in [3.63, 3.8) is 0 Å². The first-order chi connectivity index (χ1) is 14.7. The van der Waals surface area contributed by atoms with Crippen LogP contribution in [0.4, 0.5) is 0 Å². The van der Waals surface area contributed by atoms with Gasteiger partial charge in [-0.25, -0.2) is 9.67 Å². The summed E-state index contributed by atoms with van der Waals surface area (Å²) in [5.74, 6) is 6.27. The van der Waals surface area contributed by atoms with E-state index in [1.807, 2.05) is 18.5 Å². The van der Waals surface area contributed by atoms with Crippen molar-refractivity contribution in [1.82, 2.24) is 25.0 Å². The molecule has 1 aliphatic rings. The summed E-state index contributed by atoms with van der Waals surface area (Å²) in [6.07, 6.45) is 4.38. The lowest BCUT2D eigenvalue weighted by Crippen LogP contribution is -2.01. The number of ether oxygens (including phenoxy) is 1. The van der Waals surface area contributed by atoms with E-state index in [-0.39, 0.29) is 6.10 Å². The van der Waals surface area contributed by atoms with E-state index < -0.39 is 0 Å². The third kappa shape index (κ3) is 3.67. The molecule has 30 heavy (non-hydrogen) atoms. The van der Waals surface area contributed by atoms with E-state index in [2.05, 4.69) is 61.8 Å². The van der Waals surface area contributed by atoms with Gasteiger partial charge in [0.05, 0.1) is 28.9 Å². The fourth-order valence-electron chi connectivity index (χ4n) is 3.66. The predicted octanol–water partition coefficient (Wildman–Crippen LogP) is 4.13. The van der Waals surface area contributed by atoms with Gasteiger partial charge in [-0.05, 0) is 37.1 Å². The first-order valence-corrected chi connectivity index (χ1v) is 10.8. The molecule has 0 fully saturated rings. The molecule has 1 aliphatic carbocycles. The monoisotopic (exact) mass is 415 g/mol. The molecule has 0 unspecified atom stereocenters. The van der Waals surface area contributed by atoms with Crippen LogP contribution < -0.4 is 0 Å². The highest BCUT2D eigenvalue weighted by Gasteiger charge is 2.25. The summed E-state index contributed by atoms with van der Waals surface area (Å²) in [4.78, 5) is 5.04. The van der Waals surface area contributed by atoms with E-state index in [0.717, 1.165) is 28.2 Å². The summed E-state index contributed by atoms with van der Waals surface area (Å²) in [7, 11) is 0. The molecule has 4 aromatic rings. The van der Waals surface area contributed by atoms with Crippen molar-refractivity contribution in [2.24, 2.45) is 0 Å². The highest BCUT2D eigenvalue weighted by molar-refractivity contribution is 7.11. The van der Waals surface area contributed by atoms with Gasteiger partial charge in [-0.3, -0.25) is 5.10 Å². The van der Waals surface area contributed by atoms with Crippen molar-refractivity contribution >= 4 is 11.3 Å². The second kappa shape index (κ2) is 7.90. The minimum Gasteiger partial charge on any atom is -0.366 e. The summed E-state index contributed by atoms with van der Waals surface area (Å²) < 4.78 is 7.32. The number of nitrogens with one attached hydrogen (secondary N) is 1. The SMILES string of the molecule is CC(C)OCC#Cc1cc(-c2n[nH]c3c2Cc2ccc(Cn4cncn4)cc2-3)cs1. The largest absolute Gasteiger partial charge is 0.366 e. The van der Waals surface area contributed by atoms with Crippen molar-refractivity contribution in [1.29, 1.82) is 0 Å².